The van der Waals surface area contributed by atoms with Crippen molar-refractivity contribution >= 4 is 9.84 Å². The molecule has 2 fully saturated rings. The zero-order chi connectivity index (χ0) is 14.2. The van der Waals surface area contributed by atoms with E-state index in [0.717, 1.165) is 13.0 Å². The van der Waals surface area contributed by atoms with Crippen LogP contribution in [0.1, 0.15) is 24.4 Å². The van der Waals surface area contributed by atoms with Crippen LogP contribution in [0.4, 0.5) is 0 Å². The van der Waals surface area contributed by atoms with E-state index in [0.29, 0.717) is 17.5 Å². The van der Waals surface area contributed by atoms with Crippen LogP contribution in [0.3, 0.4) is 0 Å². The predicted octanol–water partition coefficient (Wildman–Crippen LogP) is 1.30. The molecular weight excluding hydrogens is 278 g/mol. The standard InChI is InChI=1S/C14H19NO4S/c1-18-13-5-4-10(12-3-2-6-15-12)7-14(13)19-11-8-20(16,17)9-11/h4-5,7,11-12,15H,2-3,6,8-9H2,1H3. The van der Waals surface area contributed by atoms with Crippen LogP contribution in [0.5, 0.6) is 11.5 Å². The number of ether oxygens (including phenoxy) is 2. The maximum atomic E-state index is 11.2. The third-order valence-corrected chi connectivity index (χ3v) is 5.58. The van der Waals surface area contributed by atoms with Crippen LogP contribution in [0.15, 0.2) is 18.2 Å². The zero-order valence-electron chi connectivity index (χ0n) is 11.5. The van der Waals surface area contributed by atoms with Crippen LogP contribution in [-0.2, 0) is 9.84 Å². The zero-order valence-corrected chi connectivity index (χ0v) is 12.3. The van der Waals surface area contributed by atoms with Gasteiger partial charge in [-0.2, -0.15) is 0 Å². The van der Waals surface area contributed by atoms with E-state index in [4.69, 9.17) is 9.47 Å². The first-order chi connectivity index (χ1) is 9.57. The third kappa shape index (κ3) is 2.76. The Morgan fingerprint density at radius 1 is 1.25 bits per heavy atom. The van der Waals surface area contributed by atoms with Crippen molar-refractivity contribution in [2.24, 2.45) is 0 Å². The highest BCUT2D eigenvalue weighted by molar-refractivity contribution is 7.92. The first-order valence-electron chi connectivity index (χ1n) is 6.86. The van der Waals surface area contributed by atoms with Crippen molar-refractivity contribution in [3.05, 3.63) is 23.8 Å². The summed E-state index contributed by atoms with van der Waals surface area (Å²) >= 11 is 0. The van der Waals surface area contributed by atoms with Crippen LogP contribution in [0.25, 0.3) is 0 Å². The fraction of sp³-hybridized carbons (Fsp3) is 0.571. The number of rotatable bonds is 4. The van der Waals surface area contributed by atoms with Gasteiger partial charge in [0.25, 0.3) is 0 Å². The summed E-state index contributed by atoms with van der Waals surface area (Å²) in [6.07, 6.45) is 2.04. The second-order valence-electron chi connectivity index (χ2n) is 5.38. The van der Waals surface area contributed by atoms with E-state index >= 15 is 0 Å². The van der Waals surface area contributed by atoms with Gasteiger partial charge in [-0.25, -0.2) is 8.42 Å². The molecule has 5 nitrogen and oxygen atoms in total. The van der Waals surface area contributed by atoms with Gasteiger partial charge in [-0.05, 0) is 37.1 Å². The number of nitrogens with one attached hydrogen (secondary N) is 1. The number of hydrogen-bond acceptors (Lipinski definition) is 5. The lowest BCUT2D eigenvalue weighted by Crippen LogP contribution is -2.45. The summed E-state index contributed by atoms with van der Waals surface area (Å²) in [7, 11) is -1.28. The largest absolute Gasteiger partial charge is 0.493 e. The smallest absolute Gasteiger partial charge is 0.162 e. The van der Waals surface area contributed by atoms with Gasteiger partial charge in [-0.3, -0.25) is 0 Å². The lowest BCUT2D eigenvalue weighted by atomic mass is 10.0. The Hall–Kier alpha value is -1.27. The number of hydrogen-bond donors (Lipinski definition) is 1. The number of sulfone groups is 1. The minimum absolute atomic E-state index is 0.0993. The average Bonchev–Trinajstić information content (AvgIpc) is 2.90. The van der Waals surface area contributed by atoms with Crippen LogP contribution in [0.2, 0.25) is 0 Å². The topological polar surface area (TPSA) is 64.6 Å². The van der Waals surface area contributed by atoms with Gasteiger partial charge in [0.2, 0.25) is 0 Å². The molecule has 0 bridgehead atoms. The Morgan fingerprint density at radius 2 is 2.05 bits per heavy atom. The summed E-state index contributed by atoms with van der Waals surface area (Å²) < 4.78 is 33.5. The molecule has 0 aliphatic carbocycles. The van der Waals surface area contributed by atoms with E-state index < -0.39 is 9.84 Å². The van der Waals surface area contributed by atoms with Gasteiger partial charge in [0.15, 0.2) is 21.3 Å². The maximum absolute atomic E-state index is 11.2. The molecule has 2 aliphatic rings. The van der Waals surface area contributed by atoms with E-state index in [9.17, 15) is 8.42 Å². The van der Waals surface area contributed by atoms with Gasteiger partial charge in [-0.15, -0.1) is 0 Å². The van der Waals surface area contributed by atoms with E-state index in [1.165, 1.54) is 12.0 Å². The first-order valence-corrected chi connectivity index (χ1v) is 8.68. The Balaban J connectivity index is 1.78. The second-order valence-corrected chi connectivity index (χ2v) is 7.53. The van der Waals surface area contributed by atoms with Crippen LogP contribution in [-0.4, -0.2) is 39.7 Å². The van der Waals surface area contributed by atoms with Crippen LogP contribution >= 0.6 is 0 Å². The second kappa shape index (κ2) is 5.26. The highest BCUT2D eigenvalue weighted by atomic mass is 32.2. The van der Waals surface area contributed by atoms with Crippen LogP contribution < -0.4 is 14.8 Å². The minimum atomic E-state index is -2.87. The van der Waals surface area contributed by atoms with Gasteiger partial charge in [-0.1, -0.05) is 6.07 Å². The lowest BCUT2D eigenvalue weighted by molar-refractivity contribution is 0.219. The van der Waals surface area contributed by atoms with Crippen molar-refractivity contribution in [3.8, 4) is 11.5 Å². The molecule has 1 N–H and O–H groups in total. The molecule has 0 aromatic heterocycles. The Bertz CT molecular complexity index is 581. The van der Waals surface area contributed by atoms with Crippen molar-refractivity contribution in [1.82, 2.24) is 5.32 Å². The lowest BCUT2D eigenvalue weighted by Gasteiger charge is -2.27. The molecule has 1 unspecified atom stereocenters. The van der Waals surface area contributed by atoms with Crippen molar-refractivity contribution in [2.75, 3.05) is 25.2 Å². The molecule has 6 heteroatoms. The van der Waals surface area contributed by atoms with Crippen molar-refractivity contribution in [1.29, 1.82) is 0 Å². The SMILES string of the molecule is COc1ccc(C2CCCN2)cc1OC1CS(=O)(=O)C1. The molecule has 1 atom stereocenters. The molecule has 0 radical (unpaired) electrons. The van der Waals surface area contributed by atoms with Crippen molar-refractivity contribution < 1.29 is 17.9 Å². The van der Waals surface area contributed by atoms with Crippen molar-refractivity contribution in [2.45, 2.75) is 25.0 Å². The third-order valence-electron chi connectivity index (χ3n) is 3.82. The van der Waals surface area contributed by atoms with Gasteiger partial charge >= 0.3 is 0 Å². The Labute approximate surface area is 119 Å². The molecule has 2 heterocycles. The quantitative estimate of drug-likeness (QED) is 0.907. The van der Waals surface area contributed by atoms with Gasteiger partial charge < -0.3 is 14.8 Å². The summed E-state index contributed by atoms with van der Waals surface area (Å²) in [6, 6.07) is 6.24. The highest BCUT2D eigenvalue weighted by Crippen LogP contribution is 2.34. The van der Waals surface area contributed by atoms with E-state index in [2.05, 4.69) is 5.32 Å². The van der Waals surface area contributed by atoms with E-state index in [1.807, 2.05) is 18.2 Å². The first kappa shape index (κ1) is 13.7. The molecule has 1 aromatic carbocycles. The van der Waals surface area contributed by atoms with E-state index in [1.54, 1.807) is 7.11 Å². The van der Waals surface area contributed by atoms with Gasteiger partial charge in [0.1, 0.15) is 6.10 Å². The minimum Gasteiger partial charge on any atom is -0.493 e. The molecule has 2 saturated heterocycles. The molecular formula is C14H19NO4S. The number of methoxy groups -OCH3 is 1. The predicted molar refractivity (Wildman–Crippen MR) is 76.0 cm³/mol. The Morgan fingerprint density at radius 3 is 2.65 bits per heavy atom. The normalized spacial score (nSPS) is 25.1. The number of benzene rings is 1. The van der Waals surface area contributed by atoms with Gasteiger partial charge in [0.05, 0.1) is 18.6 Å². The van der Waals surface area contributed by atoms with Gasteiger partial charge in [0, 0.05) is 6.04 Å². The average molecular weight is 297 g/mol. The molecule has 20 heavy (non-hydrogen) atoms. The molecule has 2 aliphatic heterocycles. The highest BCUT2D eigenvalue weighted by Gasteiger charge is 2.35. The maximum Gasteiger partial charge on any atom is 0.162 e. The van der Waals surface area contributed by atoms with Crippen LogP contribution in [0, 0.1) is 0 Å². The summed E-state index contributed by atoms with van der Waals surface area (Å²) in [6.45, 7) is 1.04. The molecule has 0 saturated carbocycles. The monoisotopic (exact) mass is 297 g/mol. The summed E-state index contributed by atoms with van der Waals surface area (Å²) in [5.41, 5.74) is 1.17. The Kier molecular flexibility index (Phi) is 3.60. The molecule has 110 valence electrons. The molecule has 1 aromatic rings. The summed E-state index contributed by atoms with van der Waals surface area (Å²) in [5, 5.41) is 3.44. The summed E-state index contributed by atoms with van der Waals surface area (Å²) in [5.74, 6) is 1.49. The fourth-order valence-corrected chi connectivity index (χ4v) is 3.91. The molecule has 0 amide bonds. The molecule has 3 rings (SSSR count). The van der Waals surface area contributed by atoms with Crippen molar-refractivity contribution in [3.63, 3.8) is 0 Å². The fourth-order valence-electron chi connectivity index (χ4n) is 2.74. The molecule has 0 spiro atoms. The summed E-state index contributed by atoms with van der Waals surface area (Å²) in [4.78, 5) is 0. The van der Waals surface area contributed by atoms with E-state index in [-0.39, 0.29) is 17.6 Å².